The molecule has 72 valence electrons. The summed E-state index contributed by atoms with van der Waals surface area (Å²) in [5.41, 5.74) is 0.462. The first-order valence-corrected chi connectivity index (χ1v) is 5.70. The molecular formula is C10H16N2S. The van der Waals surface area contributed by atoms with Gasteiger partial charge in [0.05, 0.1) is 0 Å². The Balaban J connectivity index is 2.09. The third-order valence-corrected chi connectivity index (χ3v) is 3.42. The van der Waals surface area contributed by atoms with Gasteiger partial charge in [-0.25, -0.2) is 4.98 Å². The minimum absolute atomic E-state index is 0.462. The highest BCUT2D eigenvalue weighted by molar-refractivity contribution is 7.13. The fraction of sp³-hybridized carbons (Fsp3) is 0.700. The van der Waals surface area contributed by atoms with Gasteiger partial charge in [0.25, 0.3) is 0 Å². The van der Waals surface area contributed by atoms with Gasteiger partial charge in [0.2, 0.25) is 0 Å². The Kier molecular flexibility index (Phi) is 2.28. The predicted octanol–water partition coefficient (Wildman–Crippen LogP) is 2.77. The van der Waals surface area contributed by atoms with Gasteiger partial charge in [0.1, 0.15) is 0 Å². The number of nitrogens with zero attached hydrogens (tertiary/aromatic N) is 2. The van der Waals surface area contributed by atoms with Gasteiger partial charge in [-0.15, -0.1) is 11.3 Å². The van der Waals surface area contributed by atoms with Crippen molar-refractivity contribution in [2.24, 2.45) is 5.41 Å². The third-order valence-electron chi connectivity index (χ3n) is 2.59. The molecule has 2 rings (SSSR count). The lowest BCUT2D eigenvalue weighted by Gasteiger charge is -2.37. The molecule has 1 fully saturated rings. The van der Waals surface area contributed by atoms with E-state index in [1.54, 1.807) is 11.3 Å². The molecule has 0 aromatic carbocycles. The highest BCUT2D eigenvalue weighted by Gasteiger charge is 2.27. The molecule has 0 spiro atoms. The maximum absolute atomic E-state index is 4.35. The Morgan fingerprint density at radius 3 is 3.00 bits per heavy atom. The van der Waals surface area contributed by atoms with Crippen LogP contribution in [0, 0.1) is 5.41 Å². The molecule has 0 unspecified atom stereocenters. The van der Waals surface area contributed by atoms with Gasteiger partial charge in [-0.3, -0.25) is 0 Å². The van der Waals surface area contributed by atoms with Gasteiger partial charge in [0, 0.05) is 24.7 Å². The van der Waals surface area contributed by atoms with Gasteiger partial charge in [-0.1, -0.05) is 13.8 Å². The van der Waals surface area contributed by atoms with E-state index >= 15 is 0 Å². The highest BCUT2D eigenvalue weighted by Crippen LogP contribution is 2.32. The molecule has 13 heavy (non-hydrogen) atoms. The number of anilines is 1. The maximum Gasteiger partial charge on any atom is 0.185 e. The average molecular weight is 196 g/mol. The number of aromatic nitrogens is 1. The van der Waals surface area contributed by atoms with Crippen molar-refractivity contribution < 1.29 is 0 Å². The lowest BCUT2D eigenvalue weighted by molar-refractivity contribution is 0.293. The maximum atomic E-state index is 4.35. The van der Waals surface area contributed by atoms with Crippen LogP contribution in [-0.2, 0) is 0 Å². The SMILES string of the molecule is CC1(C)CCCN(c2nccs2)C1. The Bertz CT molecular complexity index is 266. The first-order valence-electron chi connectivity index (χ1n) is 4.82. The van der Waals surface area contributed by atoms with Gasteiger partial charge >= 0.3 is 0 Å². The molecule has 0 radical (unpaired) electrons. The van der Waals surface area contributed by atoms with Crippen molar-refractivity contribution in [3.8, 4) is 0 Å². The summed E-state index contributed by atoms with van der Waals surface area (Å²) in [7, 11) is 0. The van der Waals surface area contributed by atoms with E-state index in [0.29, 0.717) is 5.41 Å². The summed E-state index contributed by atoms with van der Waals surface area (Å²) >= 11 is 1.74. The van der Waals surface area contributed by atoms with Crippen molar-refractivity contribution in [3.05, 3.63) is 11.6 Å². The molecule has 0 N–H and O–H groups in total. The first-order chi connectivity index (χ1) is 6.17. The third kappa shape index (κ3) is 2.02. The number of hydrogen-bond donors (Lipinski definition) is 0. The molecule has 1 saturated heterocycles. The molecule has 2 nitrogen and oxygen atoms in total. The van der Waals surface area contributed by atoms with Crippen molar-refractivity contribution in [1.82, 2.24) is 4.98 Å². The van der Waals surface area contributed by atoms with Crippen molar-refractivity contribution in [2.75, 3.05) is 18.0 Å². The van der Waals surface area contributed by atoms with E-state index in [1.165, 1.54) is 24.5 Å². The molecule has 0 aliphatic carbocycles. The summed E-state index contributed by atoms with van der Waals surface area (Å²) in [5, 5.41) is 3.24. The first kappa shape index (κ1) is 9.00. The van der Waals surface area contributed by atoms with E-state index in [1.807, 2.05) is 6.20 Å². The number of hydrogen-bond acceptors (Lipinski definition) is 3. The highest BCUT2D eigenvalue weighted by atomic mass is 32.1. The molecule has 0 saturated carbocycles. The van der Waals surface area contributed by atoms with E-state index in [2.05, 4.69) is 29.1 Å². The predicted molar refractivity (Wildman–Crippen MR) is 57.3 cm³/mol. The molecule has 1 aliphatic heterocycles. The van der Waals surface area contributed by atoms with Crippen LogP contribution in [0.15, 0.2) is 11.6 Å². The van der Waals surface area contributed by atoms with Crippen LogP contribution < -0.4 is 4.90 Å². The van der Waals surface area contributed by atoms with Gasteiger partial charge in [-0.2, -0.15) is 0 Å². The Morgan fingerprint density at radius 1 is 1.54 bits per heavy atom. The molecule has 3 heteroatoms. The zero-order valence-electron chi connectivity index (χ0n) is 8.29. The van der Waals surface area contributed by atoms with Crippen LogP contribution in [0.1, 0.15) is 26.7 Å². The quantitative estimate of drug-likeness (QED) is 0.686. The van der Waals surface area contributed by atoms with Crippen LogP contribution in [0.4, 0.5) is 5.13 Å². The zero-order chi connectivity index (χ0) is 9.31. The molecular weight excluding hydrogens is 180 g/mol. The molecule has 2 heterocycles. The van der Waals surface area contributed by atoms with Crippen LogP contribution >= 0.6 is 11.3 Å². The molecule has 0 bridgehead atoms. The standard InChI is InChI=1S/C10H16N2S/c1-10(2)4-3-6-12(8-10)9-11-5-7-13-9/h5,7H,3-4,6,8H2,1-2H3. The summed E-state index contributed by atoms with van der Waals surface area (Å²) < 4.78 is 0. The van der Waals surface area contributed by atoms with Crippen LogP contribution in [0.25, 0.3) is 0 Å². The summed E-state index contributed by atoms with van der Waals surface area (Å²) in [6.45, 7) is 7.01. The summed E-state index contributed by atoms with van der Waals surface area (Å²) in [5.74, 6) is 0. The zero-order valence-corrected chi connectivity index (χ0v) is 9.10. The van der Waals surface area contributed by atoms with Crippen LogP contribution in [-0.4, -0.2) is 18.1 Å². The van der Waals surface area contributed by atoms with Crippen molar-refractivity contribution in [2.45, 2.75) is 26.7 Å². The van der Waals surface area contributed by atoms with Crippen LogP contribution in [0.5, 0.6) is 0 Å². The second kappa shape index (κ2) is 3.29. The minimum Gasteiger partial charge on any atom is -0.348 e. The van der Waals surface area contributed by atoms with E-state index in [0.717, 1.165) is 6.54 Å². The number of rotatable bonds is 1. The summed E-state index contributed by atoms with van der Waals surface area (Å²) in [4.78, 5) is 6.76. The Labute approximate surface area is 83.6 Å². The Morgan fingerprint density at radius 2 is 2.38 bits per heavy atom. The number of piperidine rings is 1. The second-order valence-electron chi connectivity index (χ2n) is 4.50. The van der Waals surface area contributed by atoms with Crippen molar-refractivity contribution in [1.29, 1.82) is 0 Å². The molecule has 1 aromatic heterocycles. The summed E-state index contributed by atoms with van der Waals surface area (Å²) in [6.07, 6.45) is 4.53. The second-order valence-corrected chi connectivity index (χ2v) is 5.38. The lowest BCUT2D eigenvalue weighted by Crippen LogP contribution is -2.39. The number of thiazole rings is 1. The molecule has 0 atom stereocenters. The molecule has 1 aliphatic rings. The van der Waals surface area contributed by atoms with E-state index in [9.17, 15) is 0 Å². The van der Waals surface area contributed by atoms with Crippen molar-refractivity contribution >= 4 is 16.5 Å². The van der Waals surface area contributed by atoms with Gasteiger partial charge in [0.15, 0.2) is 5.13 Å². The van der Waals surface area contributed by atoms with E-state index in [4.69, 9.17) is 0 Å². The van der Waals surface area contributed by atoms with Crippen LogP contribution in [0.2, 0.25) is 0 Å². The Hall–Kier alpha value is -0.570. The topological polar surface area (TPSA) is 16.1 Å². The smallest absolute Gasteiger partial charge is 0.185 e. The van der Waals surface area contributed by atoms with E-state index in [-0.39, 0.29) is 0 Å². The van der Waals surface area contributed by atoms with Crippen LogP contribution in [0.3, 0.4) is 0 Å². The van der Waals surface area contributed by atoms with E-state index < -0.39 is 0 Å². The van der Waals surface area contributed by atoms with Crippen molar-refractivity contribution in [3.63, 3.8) is 0 Å². The molecule has 0 amide bonds. The average Bonchev–Trinajstić information content (AvgIpc) is 2.53. The normalized spacial score (nSPS) is 21.8. The lowest BCUT2D eigenvalue weighted by atomic mass is 9.84. The monoisotopic (exact) mass is 196 g/mol. The molecule has 1 aromatic rings. The van der Waals surface area contributed by atoms with Gasteiger partial charge in [-0.05, 0) is 18.3 Å². The fourth-order valence-corrected chi connectivity index (χ4v) is 2.63. The van der Waals surface area contributed by atoms with Gasteiger partial charge < -0.3 is 4.90 Å². The summed E-state index contributed by atoms with van der Waals surface area (Å²) in [6, 6.07) is 0. The fourth-order valence-electron chi connectivity index (χ4n) is 1.96. The minimum atomic E-state index is 0.462. The largest absolute Gasteiger partial charge is 0.348 e.